The molecular weight excluding hydrogens is 246 g/mol. The van der Waals surface area contributed by atoms with Crippen molar-refractivity contribution < 1.29 is 4.74 Å². The Hall–Kier alpha value is -1.59. The Balaban J connectivity index is 1.90. The maximum Gasteiger partial charge on any atom is 0.162 e. The lowest BCUT2D eigenvalue weighted by molar-refractivity contribution is 0.0454. The number of thioether (sulfide) groups is 1. The minimum Gasteiger partial charge on any atom is -0.384 e. The predicted molar refractivity (Wildman–Crippen MR) is 72.3 cm³/mol. The molecule has 2 heterocycles. The molecule has 0 unspecified atom stereocenters. The zero-order chi connectivity index (χ0) is 12.4. The predicted octanol–water partition coefficient (Wildman–Crippen LogP) is 2.22. The summed E-state index contributed by atoms with van der Waals surface area (Å²) >= 11 is 1.70. The van der Waals surface area contributed by atoms with Gasteiger partial charge in [-0.25, -0.2) is 9.97 Å². The van der Waals surface area contributed by atoms with E-state index in [1.54, 1.807) is 11.8 Å². The summed E-state index contributed by atoms with van der Waals surface area (Å²) in [5.41, 5.74) is 6.82. The summed E-state index contributed by atoms with van der Waals surface area (Å²) in [6.07, 6.45) is 0. The van der Waals surface area contributed by atoms with Gasteiger partial charge < -0.3 is 10.5 Å². The Kier molecular flexibility index (Phi) is 3.17. The minimum absolute atomic E-state index is 0.489. The number of rotatable bonds is 3. The molecule has 92 valence electrons. The highest BCUT2D eigenvalue weighted by molar-refractivity contribution is 8.00. The number of hydrogen-bond donors (Lipinski definition) is 1. The number of nitrogens with two attached hydrogens (primary N) is 1. The van der Waals surface area contributed by atoms with Crippen LogP contribution in [-0.2, 0) is 4.74 Å². The second kappa shape index (κ2) is 4.96. The largest absolute Gasteiger partial charge is 0.384 e. The van der Waals surface area contributed by atoms with Crippen LogP contribution in [0.25, 0.3) is 11.4 Å². The Morgan fingerprint density at radius 3 is 2.61 bits per heavy atom. The molecule has 2 aromatic rings. The van der Waals surface area contributed by atoms with Gasteiger partial charge in [0.05, 0.1) is 18.5 Å². The van der Waals surface area contributed by atoms with Crippen molar-refractivity contribution in [2.24, 2.45) is 0 Å². The van der Waals surface area contributed by atoms with Gasteiger partial charge >= 0.3 is 0 Å². The molecule has 0 atom stereocenters. The van der Waals surface area contributed by atoms with Crippen LogP contribution in [0.2, 0.25) is 0 Å². The van der Waals surface area contributed by atoms with E-state index in [0.717, 1.165) is 23.8 Å². The standard InChI is InChI=1S/C13H13N3OS/c14-11-6-12(18-10-7-17-8-10)16-13(15-11)9-4-2-1-3-5-9/h1-6,10H,7-8H2,(H2,14,15,16). The minimum atomic E-state index is 0.489. The number of benzene rings is 1. The van der Waals surface area contributed by atoms with Crippen molar-refractivity contribution >= 4 is 17.6 Å². The lowest BCUT2D eigenvalue weighted by atomic mass is 10.2. The Morgan fingerprint density at radius 2 is 1.94 bits per heavy atom. The summed E-state index contributed by atoms with van der Waals surface area (Å²) in [4.78, 5) is 8.82. The molecule has 0 aliphatic carbocycles. The van der Waals surface area contributed by atoms with Gasteiger partial charge in [0.1, 0.15) is 10.8 Å². The summed E-state index contributed by atoms with van der Waals surface area (Å²) in [7, 11) is 0. The average Bonchev–Trinajstić information content (AvgIpc) is 2.34. The first-order valence-corrected chi connectivity index (χ1v) is 6.63. The molecule has 1 aromatic carbocycles. The van der Waals surface area contributed by atoms with Crippen molar-refractivity contribution in [1.29, 1.82) is 0 Å². The van der Waals surface area contributed by atoms with E-state index in [0.29, 0.717) is 16.9 Å². The molecule has 1 saturated heterocycles. The number of anilines is 1. The van der Waals surface area contributed by atoms with Crippen LogP contribution in [0.4, 0.5) is 5.82 Å². The number of nitrogen functional groups attached to an aromatic ring is 1. The summed E-state index contributed by atoms with van der Waals surface area (Å²) in [5, 5.41) is 1.40. The van der Waals surface area contributed by atoms with E-state index < -0.39 is 0 Å². The number of aromatic nitrogens is 2. The molecule has 2 N–H and O–H groups in total. The molecule has 0 amide bonds. The highest BCUT2D eigenvalue weighted by Gasteiger charge is 2.20. The van der Waals surface area contributed by atoms with Gasteiger partial charge in [0.25, 0.3) is 0 Å². The lowest BCUT2D eigenvalue weighted by Crippen LogP contribution is -2.30. The average molecular weight is 259 g/mol. The molecule has 4 nitrogen and oxygen atoms in total. The van der Waals surface area contributed by atoms with Crippen molar-refractivity contribution in [3.8, 4) is 11.4 Å². The fourth-order valence-corrected chi connectivity index (χ4v) is 2.67. The van der Waals surface area contributed by atoms with Crippen LogP contribution in [0, 0.1) is 0 Å². The first-order valence-electron chi connectivity index (χ1n) is 5.75. The van der Waals surface area contributed by atoms with Gasteiger partial charge in [-0.05, 0) is 0 Å². The first kappa shape index (κ1) is 11.5. The van der Waals surface area contributed by atoms with Gasteiger partial charge in [0.2, 0.25) is 0 Å². The highest BCUT2D eigenvalue weighted by Crippen LogP contribution is 2.28. The van der Waals surface area contributed by atoms with E-state index in [4.69, 9.17) is 10.5 Å². The first-order chi connectivity index (χ1) is 8.81. The highest BCUT2D eigenvalue weighted by atomic mass is 32.2. The molecule has 1 aromatic heterocycles. The smallest absolute Gasteiger partial charge is 0.162 e. The topological polar surface area (TPSA) is 61.0 Å². The fraction of sp³-hybridized carbons (Fsp3) is 0.231. The molecule has 0 saturated carbocycles. The second-order valence-corrected chi connectivity index (χ2v) is 5.42. The van der Waals surface area contributed by atoms with Gasteiger partial charge in [-0.1, -0.05) is 42.1 Å². The molecule has 0 bridgehead atoms. The SMILES string of the molecule is Nc1cc(SC2COC2)nc(-c2ccccc2)n1. The molecule has 5 heteroatoms. The van der Waals surface area contributed by atoms with E-state index in [2.05, 4.69) is 9.97 Å². The van der Waals surface area contributed by atoms with Gasteiger partial charge in [0, 0.05) is 11.6 Å². The molecule has 1 fully saturated rings. The van der Waals surface area contributed by atoms with Crippen LogP contribution in [0.5, 0.6) is 0 Å². The molecule has 1 aliphatic rings. The van der Waals surface area contributed by atoms with Crippen molar-refractivity contribution in [3.05, 3.63) is 36.4 Å². The molecule has 1 aliphatic heterocycles. The summed E-state index contributed by atoms with van der Waals surface area (Å²) in [6.45, 7) is 1.57. The fourth-order valence-electron chi connectivity index (χ4n) is 1.67. The van der Waals surface area contributed by atoms with Crippen LogP contribution in [0.1, 0.15) is 0 Å². The Morgan fingerprint density at radius 1 is 1.17 bits per heavy atom. The molecular formula is C13H13N3OS. The van der Waals surface area contributed by atoms with Gasteiger partial charge in [-0.2, -0.15) is 0 Å². The van der Waals surface area contributed by atoms with E-state index >= 15 is 0 Å². The van der Waals surface area contributed by atoms with E-state index in [-0.39, 0.29) is 0 Å². The molecule has 3 rings (SSSR count). The van der Waals surface area contributed by atoms with E-state index in [1.807, 2.05) is 36.4 Å². The zero-order valence-electron chi connectivity index (χ0n) is 9.74. The van der Waals surface area contributed by atoms with E-state index in [9.17, 15) is 0 Å². The number of nitrogens with zero attached hydrogens (tertiary/aromatic N) is 2. The van der Waals surface area contributed by atoms with Crippen LogP contribution in [0.3, 0.4) is 0 Å². The summed E-state index contributed by atoms with van der Waals surface area (Å²) < 4.78 is 5.16. The maximum atomic E-state index is 5.84. The third-order valence-electron chi connectivity index (χ3n) is 2.65. The van der Waals surface area contributed by atoms with E-state index in [1.165, 1.54) is 0 Å². The third-order valence-corrected chi connectivity index (χ3v) is 3.71. The Bertz CT molecular complexity index is 543. The molecule has 0 spiro atoms. The Labute approximate surface area is 110 Å². The normalized spacial score (nSPS) is 15.3. The van der Waals surface area contributed by atoms with Gasteiger partial charge in [-0.3, -0.25) is 0 Å². The summed E-state index contributed by atoms with van der Waals surface area (Å²) in [6, 6.07) is 11.7. The van der Waals surface area contributed by atoms with Crippen LogP contribution in [0.15, 0.2) is 41.4 Å². The second-order valence-electron chi connectivity index (χ2n) is 4.10. The van der Waals surface area contributed by atoms with Crippen molar-refractivity contribution in [3.63, 3.8) is 0 Å². The van der Waals surface area contributed by atoms with Crippen LogP contribution >= 0.6 is 11.8 Å². The zero-order valence-corrected chi connectivity index (χ0v) is 10.6. The quantitative estimate of drug-likeness (QED) is 0.856. The number of ether oxygens (including phenoxy) is 1. The number of hydrogen-bond acceptors (Lipinski definition) is 5. The van der Waals surface area contributed by atoms with Gasteiger partial charge in [-0.15, -0.1) is 0 Å². The molecule has 18 heavy (non-hydrogen) atoms. The van der Waals surface area contributed by atoms with Gasteiger partial charge in [0.15, 0.2) is 5.82 Å². The van der Waals surface area contributed by atoms with Crippen molar-refractivity contribution in [1.82, 2.24) is 9.97 Å². The molecule has 0 radical (unpaired) electrons. The maximum absolute atomic E-state index is 5.84. The van der Waals surface area contributed by atoms with Crippen molar-refractivity contribution in [2.45, 2.75) is 10.3 Å². The monoisotopic (exact) mass is 259 g/mol. The van der Waals surface area contributed by atoms with Crippen molar-refractivity contribution in [2.75, 3.05) is 18.9 Å². The third kappa shape index (κ3) is 2.47. The summed E-state index contributed by atoms with van der Waals surface area (Å²) in [5.74, 6) is 1.19. The van der Waals surface area contributed by atoms with Crippen LogP contribution < -0.4 is 5.73 Å². The lowest BCUT2D eigenvalue weighted by Gasteiger charge is -2.24. The van der Waals surface area contributed by atoms with Crippen LogP contribution in [-0.4, -0.2) is 28.4 Å².